The standard InChI is InChI=1S/C14H10BrFN6S/c1-7-9(6-17-21(7)2)13-20-22-12(18-19-14(22)23-13)8-3-4-11(16)10(15)5-8/h3-6H,1-2H3. The smallest absolute Gasteiger partial charge is 0.235 e. The normalized spacial score (nSPS) is 11.5. The van der Waals surface area contributed by atoms with Crippen molar-refractivity contribution in [3.8, 4) is 22.0 Å². The Hall–Kier alpha value is -2.13. The number of fused-ring (bicyclic) bond motifs is 1. The van der Waals surface area contributed by atoms with Crippen LogP contribution in [-0.2, 0) is 7.05 Å². The fourth-order valence-electron chi connectivity index (χ4n) is 2.25. The third kappa shape index (κ3) is 2.27. The molecule has 0 unspecified atom stereocenters. The van der Waals surface area contributed by atoms with Crippen LogP contribution < -0.4 is 0 Å². The van der Waals surface area contributed by atoms with Gasteiger partial charge in [0.25, 0.3) is 0 Å². The monoisotopic (exact) mass is 392 g/mol. The molecule has 0 radical (unpaired) electrons. The maximum absolute atomic E-state index is 13.4. The molecule has 6 nitrogen and oxygen atoms in total. The van der Waals surface area contributed by atoms with Gasteiger partial charge in [0.1, 0.15) is 5.82 Å². The Morgan fingerprint density at radius 3 is 2.78 bits per heavy atom. The Bertz CT molecular complexity index is 1030. The molecule has 4 aromatic rings. The number of nitrogens with zero attached hydrogens (tertiary/aromatic N) is 6. The molecule has 116 valence electrons. The molecular weight excluding hydrogens is 383 g/mol. The molecule has 0 saturated heterocycles. The predicted octanol–water partition coefficient (Wildman–Crippen LogP) is 3.46. The Kier molecular flexibility index (Phi) is 3.27. The van der Waals surface area contributed by atoms with Gasteiger partial charge in [-0.25, -0.2) is 4.39 Å². The molecular formula is C14H10BrFN6S. The van der Waals surface area contributed by atoms with Gasteiger partial charge in [-0.15, -0.1) is 10.2 Å². The SMILES string of the molecule is Cc1c(-c2nn3c(-c4ccc(F)c(Br)c4)nnc3s2)cnn1C. The quantitative estimate of drug-likeness (QED) is 0.523. The summed E-state index contributed by atoms with van der Waals surface area (Å²) in [7, 11) is 1.89. The van der Waals surface area contributed by atoms with Crippen LogP contribution in [0.3, 0.4) is 0 Å². The van der Waals surface area contributed by atoms with Crippen LogP contribution in [0.5, 0.6) is 0 Å². The Morgan fingerprint density at radius 2 is 2.09 bits per heavy atom. The Morgan fingerprint density at radius 1 is 1.26 bits per heavy atom. The van der Waals surface area contributed by atoms with Crippen molar-refractivity contribution < 1.29 is 4.39 Å². The average molecular weight is 393 g/mol. The van der Waals surface area contributed by atoms with Crippen LogP contribution in [0.25, 0.3) is 26.9 Å². The summed E-state index contributed by atoms with van der Waals surface area (Å²) in [6.45, 7) is 1.99. The van der Waals surface area contributed by atoms with E-state index in [-0.39, 0.29) is 5.82 Å². The van der Waals surface area contributed by atoms with Crippen LogP contribution in [0.4, 0.5) is 4.39 Å². The molecule has 0 spiro atoms. The van der Waals surface area contributed by atoms with Crippen molar-refractivity contribution in [2.45, 2.75) is 6.92 Å². The number of aryl methyl sites for hydroxylation is 1. The fraction of sp³-hybridized carbons (Fsp3) is 0.143. The highest BCUT2D eigenvalue weighted by Crippen LogP contribution is 2.30. The molecule has 1 aromatic carbocycles. The van der Waals surface area contributed by atoms with E-state index in [1.807, 2.05) is 14.0 Å². The van der Waals surface area contributed by atoms with Crippen molar-refractivity contribution in [1.29, 1.82) is 0 Å². The first kappa shape index (κ1) is 14.5. The molecule has 3 aromatic heterocycles. The summed E-state index contributed by atoms with van der Waals surface area (Å²) in [5.74, 6) is 0.254. The molecule has 0 atom stereocenters. The maximum Gasteiger partial charge on any atom is 0.235 e. The van der Waals surface area contributed by atoms with Crippen molar-refractivity contribution >= 4 is 32.2 Å². The highest BCUT2D eigenvalue weighted by molar-refractivity contribution is 9.10. The zero-order valence-electron chi connectivity index (χ0n) is 12.2. The minimum absolute atomic E-state index is 0.320. The van der Waals surface area contributed by atoms with E-state index in [0.29, 0.717) is 15.3 Å². The minimum Gasteiger partial charge on any atom is -0.272 e. The second-order valence-electron chi connectivity index (χ2n) is 5.02. The molecule has 0 amide bonds. The minimum atomic E-state index is -0.320. The summed E-state index contributed by atoms with van der Waals surface area (Å²) in [6, 6.07) is 4.71. The molecule has 23 heavy (non-hydrogen) atoms. The van der Waals surface area contributed by atoms with Gasteiger partial charge in [0.15, 0.2) is 10.8 Å². The number of halogens is 2. The lowest BCUT2D eigenvalue weighted by molar-refractivity contribution is 0.621. The van der Waals surface area contributed by atoms with Gasteiger partial charge in [-0.2, -0.15) is 14.7 Å². The first-order valence-electron chi connectivity index (χ1n) is 6.71. The van der Waals surface area contributed by atoms with Crippen LogP contribution in [-0.4, -0.2) is 29.6 Å². The maximum atomic E-state index is 13.4. The first-order valence-corrected chi connectivity index (χ1v) is 8.32. The highest BCUT2D eigenvalue weighted by Gasteiger charge is 2.17. The summed E-state index contributed by atoms with van der Waals surface area (Å²) in [5, 5.41) is 18.0. The van der Waals surface area contributed by atoms with Gasteiger partial charge in [0, 0.05) is 18.3 Å². The van der Waals surface area contributed by atoms with Crippen molar-refractivity contribution in [3.05, 3.63) is 40.4 Å². The molecule has 0 N–H and O–H groups in total. The second-order valence-corrected chi connectivity index (χ2v) is 6.83. The van der Waals surface area contributed by atoms with Crippen LogP contribution in [0.1, 0.15) is 5.69 Å². The van der Waals surface area contributed by atoms with E-state index in [4.69, 9.17) is 0 Å². The molecule has 4 rings (SSSR count). The number of hydrogen-bond acceptors (Lipinski definition) is 5. The first-order chi connectivity index (χ1) is 11.0. The lowest BCUT2D eigenvalue weighted by atomic mass is 10.2. The van der Waals surface area contributed by atoms with Crippen molar-refractivity contribution in [2.24, 2.45) is 7.05 Å². The topological polar surface area (TPSA) is 60.9 Å². The summed E-state index contributed by atoms with van der Waals surface area (Å²) >= 11 is 4.63. The third-order valence-corrected chi connectivity index (χ3v) is 5.17. The van der Waals surface area contributed by atoms with E-state index in [9.17, 15) is 4.39 Å². The Labute approximate surface area is 142 Å². The zero-order valence-corrected chi connectivity index (χ0v) is 14.6. The van der Waals surface area contributed by atoms with E-state index in [1.165, 1.54) is 17.4 Å². The predicted molar refractivity (Wildman–Crippen MR) is 88.7 cm³/mol. The average Bonchev–Trinajstić information content (AvgIpc) is 3.18. The number of benzene rings is 1. The van der Waals surface area contributed by atoms with Gasteiger partial charge in [-0.3, -0.25) is 4.68 Å². The van der Waals surface area contributed by atoms with Crippen LogP contribution in [0.2, 0.25) is 0 Å². The number of rotatable bonds is 2. The van der Waals surface area contributed by atoms with Crippen LogP contribution in [0, 0.1) is 12.7 Å². The molecule has 0 bridgehead atoms. The number of hydrogen-bond donors (Lipinski definition) is 0. The molecule has 3 heterocycles. The largest absolute Gasteiger partial charge is 0.272 e. The summed E-state index contributed by atoms with van der Waals surface area (Å²) in [5.41, 5.74) is 2.74. The molecule has 0 saturated carbocycles. The lowest BCUT2D eigenvalue weighted by Gasteiger charge is -1.99. The molecule has 0 aliphatic rings. The molecule has 0 fully saturated rings. The zero-order chi connectivity index (χ0) is 16.1. The molecule has 9 heteroatoms. The molecule has 0 aliphatic carbocycles. The van der Waals surface area contributed by atoms with Gasteiger partial charge < -0.3 is 0 Å². The van der Waals surface area contributed by atoms with E-state index >= 15 is 0 Å². The van der Waals surface area contributed by atoms with Crippen molar-refractivity contribution in [3.63, 3.8) is 0 Å². The molecule has 0 aliphatic heterocycles. The van der Waals surface area contributed by atoms with Crippen LogP contribution in [0.15, 0.2) is 28.9 Å². The van der Waals surface area contributed by atoms with Crippen LogP contribution >= 0.6 is 27.3 Å². The van der Waals surface area contributed by atoms with E-state index in [0.717, 1.165) is 21.8 Å². The van der Waals surface area contributed by atoms with Gasteiger partial charge in [-0.05, 0) is 41.1 Å². The van der Waals surface area contributed by atoms with Gasteiger partial charge in [-0.1, -0.05) is 11.3 Å². The summed E-state index contributed by atoms with van der Waals surface area (Å²) in [4.78, 5) is 0.679. The second kappa shape index (κ2) is 5.20. The third-order valence-electron chi connectivity index (χ3n) is 3.63. The highest BCUT2D eigenvalue weighted by atomic mass is 79.9. The van der Waals surface area contributed by atoms with Gasteiger partial charge in [0.05, 0.1) is 16.2 Å². The Balaban J connectivity index is 1.86. The van der Waals surface area contributed by atoms with Crippen molar-refractivity contribution in [2.75, 3.05) is 0 Å². The fourth-order valence-corrected chi connectivity index (χ4v) is 3.53. The number of aromatic nitrogens is 6. The van der Waals surface area contributed by atoms with Crippen molar-refractivity contribution in [1.82, 2.24) is 29.6 Å². The lowest BCUT2D eigenvalue weighted by Crippen LogP contribution is -1.94. The van der Waals surface area contributed by atoms with Gasteiger partial charge in [0.2, 0.25) is 4.96 Å². The van der Waals surface area contributed by atoms with E-state index in [1.54, 1.807) is 27.5 Å². The van der Waals surface area contributed by atoms with E-state index < -0.39 is 0 Å². The van der Waals surface area contributed by atoms with E-state index in [2.05, 4.69) is 36.3 Å². The summed E-state index contributed by atoms with van der Waals surface area (Å²) < 4.78 is 17.3. The summed E-state index contributed by atoms with van der Waals surface area (Å²) in [6.07, 6.45) is 1.79. The van der Waals surface area contributed by atoms with Gasteiger partial charge >= 0.3 is 0 Å².